The van der Waals surface area contributed by atoms with Crippen molar-refractivity contribution in [3.05, 3.63) is 29.3 Å². The summed E-state index contributed by atoms with van der Waals surface area (Å²) in [5.74, 6) is -0.974. The highest BCUT2D eigenvalue weighted by atomic mass is 19.4. The molecular weight excluding hydrogens is 311 g/mol. The van der Waals surface area contributed by atoms with Gasteiger partial charge in [-0.2, -0.15) is 13.2 Å². The summed E-state index contributed by atoms with van der Waals surface area (Å²) in [6.45, 7) is 2.79. The highest BCUT2D eigenvalue weighted by molar-refractivity contribution is 5.98. The number of benzene rings is 1. The molecule has 1 atom stereocenters. The molecule has 0 bridgehead atoms. The molecule has 0 aliphatic carbocycles. The van der Waals surface area contributed by atoms with E-state index in [0.29, 0.717) is 19.2 Å². The van der Waals surface area contributed by atoms with Crippen LogP contribution in [0.1, 0.15) is 35.7 Å². The van der Waals surface area contributed by atoms with Crippen LogP contribution in [0.25, 0.3) is 0 Å². The maximum atomic E-state index is 12.8. The minimum absolute atomic E-state index is 0.187. The summed E-state index contributed by atoms with van der Waals surface area (Å²) in [6, 6.07) is 2.13. The van der Waals surface area contributed by atoms with E-state index in [1.807, 2.05) is 0 Å². The predicted molar refractivity (Wildman–Crippen MR) is 78.6 cm³/mol. The van der Waals surface area contributed by atoms with Crippen molar-refractivity contribution in [1.29, 1.82) is 0 Å². The molecule has 0 spiro atoms. The molecule has 3 N–H and O–H groups in total. The molecule has 23 heavy (non-hydrogen) atoms. The fraction of sp³-hybridized carbons (Fsp3) is 0.467. The second-order valence-electron chi connectivity index (χ2n) is 5.53. The normalized spacial score (nSPS) is 16.3. The summed E-state index contributed by atoms with van der Waals surface area (Å²) in [4.78, 5) is 25.8. The third kappa shape index (κ3) is 3.94. The fourth-order valence-electron chi connectivity index (χ4n) is 2.50. The quantitative estimate of drug-likeness (QED) is 0.833. The Morgan fingerprint density at radius 3 is 2.43 bits per heavy atom. The van der Waals surface area contributed by atoms with Crippen molar-refractivity contribution >= 4 is 17.5 Å². The highest BCUT2D eigenvalue weighted by Gasteiger charge is 2.34. The van der Waals surface area contributed by atoms with Gasteiger partial charge in [0.25, 0.3) is 5.91 Å². The lowest BCUT2D eigenvalue weighted by Crippen LogP contribution is -2.46. The van der Waals surface area contributed by atoms with Crippen LogP contribution in [0.15, 0.2) is 18.2 Å². The number of nitrogens with one attached hydrogen (secondary N) is 1. The lowest BCUT2D eigenvalue weighted by molar-refractivity contribution is -0.137. The van der Waals surface area contributed by atoms with Crippen LogP contribution in [-0.4, -0.2) is 35.8 Å². The third-order valence-corrected chi connectivity index (χ3v) is 3.76. The van der Waals surface area contributed by atoms with E-state index in [1.165, 1.54) is 13.0 Å². The second-order valence-corrected chi connectivity index (χ2v) is 5.53. The van der Waals surface area contributed by atoms with Crippen LogP contribution < -0.4 is 11.1 Å². The number of nitrogen functional groups attached to an aromatic ring is 1. The molecule has 8 heteroatoms. The molecule has 1 unspecified atom stereocenters. The van der Waals surface area contributed by atoms with E-state index in [4.69, 9.17) is 5.73 Å². The molecule has 126 valence electrons. The van der Waals surface area contributed by atoms with Crippen LogP contribution in [0.5, 0.6) is 0 Å². The number of likely N-dealkylation sites (tertiary alicyclic amines) is 1. The van der Waals surface area contributed by atoms with Gasteiger partial charge in [0, 0.05) is 24.3 Å². The average Bonchev–Trinajstić information content (AvgIpc) is 2.99. The Hall–Kier alpha value is -2.25. The summed E-state index contributed by atoms with van der Waals surface area (Å²) < 4.78 is 38.4. The number of halogens is 3. The summed E-state index contributed by atoms with van der Waals surface area (Å²) in [5.41, 5.74) is 3.59. The zero-order valence-electron chi connectivity index (χ0n) is 12.6. The monoisotopic (exact) mass is 329 g/mol. The van der Waals surface area contributed by atoms with E-state index in [9.17, 15) is 22.8 Å². The van der Waals surface area contributed by atoms with Gasteiger partial charge in [0.1, 0.15) is 6.04 Å². The van der Waals surface area contributed by atoms with E-state index in [-0.39, 0.29) is 11.5 Å². The van der Waals surface area contributed by atoms with Gasteiger partial charge in [-0.25, -0.2) is 0 Å². The van der Waals surface area contributed by atoms with E-state index in [2.05, 4.69) is 5.32 Å². The molecule has 0 radical (unpaired) electrons. The van der Waals surface area contributed by atoms with Crippen LogP contribution in [0.3, 0.4) is 0 Å². The Morgan fingerprint density at radius 1 is 1.26 bits per heavy atom. The van der Waals surface area contributed by atoms with Crippen LogP contribution in [0.2, 0.25) is 0 Å². The van der Waals surface area contributed by atoms with E-state index in [1.54, 1.807) is 4.90 Å². The first-order valence-corrected chi connectivity index (χ1v) is 7.26. The lowest BCUT2D eigenvalue weighted by atomic mass is 10.1. The Balaban J connectivity index is 2.10. The minimum atomic E-state index is -4.64. The number of carbonyl (C=O) groups excluding carboxylic acids is 2. The fourth-order valence-corrected chi connectivity index (χ4v) is 2.50. The van der Waals surface area contributed by atoms with Crippen molar-refractivity contribution in [2.24, 2.45) is 0 Å². The van der Waals surface area contributed by atoms with Gasteiger partial charge < -0.3 is 16.0 Å². The zero-order chi connectivity index (χ0) is 17.2. The smallest absolute Gasteiger partial charge is 0.398 e. The van der Waals surface area contributed by atoms with Gasteiger partial charge in [0.15, 0.2) is 0 Å². The van der Waals surface area contributed by atoms with E-state index >= 15 is 0 Å². The maximum absolute atomic E-state index is 12.8. The first-order valence-electron chi connectivity index (χ1n) is 7.26. The van der Waals surface area contributed by atoms with Crippen molar-refractivity contribution < 1.29 is 22.8 Å². The van der Waals surface area contributed by atoms with Gasteiger partial charge in [-0.05, 0) is 38.0 Å². The number of carbonyl (C=O) groups is 2. The second kappa shape index (κ2) is 6.47. The third-order valence-electron chi connectivity index (χ3n) is 3.76. The van der Waals surface area contributed by atoms with Crippen molar-refractivity contribution in [3.8, 4) is 0 Å². The van der Waals surface area contributed by atoms with Gasteiger partial charge >= 0.3 is 6.18 Å². The molecule has 1 aromatic rings. The average molecular weight is 329 g/mol. The van der Waals surface area contributed by atoms with Gasteiger partial charge in [-0.3, -0.25) is 9.59 Å². The summed E-state index contributed by atoms with van der Waals surface area (Å²) in [7, 11) is 0. The number of alkyl halides is 3. The molecule has 2 rings (SSSR count). The van der Waals surface area contributed by atoms with Crippen LogP contribution >= 0.6 is 0 Å². The topological polar surface area (TPSA) is 75.4 Å². The number of nitrogens with two attached hydrogens (primary N) is 1. The molecule has 0 aromatic heterocycles. The maximum Gasteiger partial charge on any atom is 0.418 e. The first-order chi connectivity index (χ1) is 10.7. The minimum Gasteiger partial charge on any atom is -0.398 e. The van der Waals surface area contributed by atoms with Gasteiger partial charge in [-0.15, -0.1) is 0 Å². The molecule has 1 heterocycles. The lowest BCUT2D eigenvalue weighted by Gasteiger charge is -2.21. The molecule has 1 aromatic carbocycles. The Morgan fingerprint density at radius 2 is 1.87 bits per heavy atom. The number of hydrogen-bond acceptors (Lipinski definition) is 3. The molecule has 2 amide bonds. The Bertz CT molecular complexity index is 610. The van der Waals surface area contributed by atoms with Crippen molar-refractivity contribution in [2.45, 2.75) is 32.0 Å². The Labute approximate surface area is 131 Å². The van der Waals surface area contributed by atoms with Crippen LogP contribution in [-0.2, 0) is 11.0 Å². The van der Waals surface area contributed by atoms with Crippen LogP contribution in [0, 0.1) is 0 Å². The van der Waals surface area contributed by atoms with Crippen molar-refractivity contribution in [3.63, 3.8) is 0 Å². The summed E-state index contributed by atoms with van der Waals surface area (Å²) in [5, 5.41) is 2.43. The SMILES string of the molecule is CC(NC(=O)c1ccc(N)c(C(F)(F)F)c1)C(=O)N1CCCC1. The van der Waals surface area contributed by atoms with Gasteiger partial charge in [-0.1, -0.05) is 0 Å². The molecule has 1 aliphatic rings. The largest absolute Gasteiger partial charge is 0.418 e. The number of amides is 2. The van der Waals surface area contributed by atoms with E-state index in [0.717, 1.165) is 18.9 Å². The van der Waals surface area contributed by atoms with E-state index < -0.39 is 29.4 Å². The van der Waals surface area contributed by atoms with Gasteiger partial charge in [0.2, 0.25) is 5.91 Å². The van der Waals surface area contributed by atoms with Crippen molar-refractivity contribution in [2.75, 3.05) is 18.8 Å². The highest BCUT2D eigenvalue weighted by Crippen LogP contribution is 2.34. The molecule has 0 saturated carbocycles. The number of rotatable bonds is 3. The number of nitrogens with zero attached hydrogens (tertiary/aromatic N) is 1. The molecule has 5 nitrogen and oxygen atoms in total. The first kappa shape index (κ1) is 17.1. The standard InChI is InChI=1S/C15H18F3N3O2/c1-9(14(23)21-6-2-3-7-21)20-13(22)10-4-5-12(19)11(8-10)15(16,17)18/h4-5,8-9H,2-3,6-7,19H2,1H3,(H,20,22). The number of hydrogen-bond donors (Lipinski definition) is 2. The predicted octanol–water partition coefficient (Wildman–Crippen LogP) is 2.03. The van der Waals surface area contributed by atoms with Crippen LogP contribution in [0.4, 0.5) is 18.9 Å². The molecular formula is C15H18F3N3O2. The number of anilines is 1. The Kier molecular flexibility index (Phi) is 4.82. The van der Waals surface area contributed by atoms with Crippen molar-refractivity contribution in [1.82, 2.24) is 10.2 Å². The molecule has 1 saturated heterocycles. The van der Waals surface area contributed by atoms with Gasteiger partial charge in [0.05, 0.1) is 5.56 Å². The molecule has 1 aliphatic heterocycles. The molecule has 1 fully saturated rings. The summed E-state index contributed by atoms with van der Waals surface area (Å²) in [6.07, 6.45) is -2.81. The zero-order valence-corrected chi connectivity index (χ0v) is 12.6. The summed E-state index contributed by atoms with van der Waals surface area (Å²) >= 11 is 0.